The Morgan fingerprint density at radius 3 is 2.76 bits per heavy atom. The van der Waals surface area contributed by atoms with Gasteiger partial charge in [-0.2, -0.15) is 0 Å². The average molecular weight is 362 g/mol. The number of fused-ring (bicyclic) bond motifs is 1. The van der Waals surface area contributed by atoms with Crippen LogP contribution in [0.15, 0.2) is 35.3 Å². The highest BCUT2D eigenvalue weighted by molar-refractivity contribution is 7.19. The van der Waals surface area contributed by atoms with Gasteiger partial charge in [0.1, 0.15) is 6.10 Å². The molecule has 2 aromatic rings. The van der Waals surface area contributed by atoms with E-state index in [1.807, 2.05) is 25.1 Å². The highest BCUT2D eigenvalue weighted by Gasteiger charge is 2.30. The van der Waals surface area contributed by atoms with Crippen molar-refractivity contribution in [2.75, 3.05) is 19.6 Å². The zero-order chi connectivity index (χ0) is 17.7. The number of nitrogens with zero attached hydrogens (tertiary/aromatic N) is 1. The summed E-state index contributed by atoms with van der Waals surface area (Å²) in [6.07, 6.45) is 3.19. The van der Waals surface area contributed by atoms with E-state index in [-0.39, 0.29) is 0 Å². The third-order valence-electron chi connectivity index (χ3n) is 4.65. The number of hydrogen-bond donors (Lipinski definition) is 4. The lowest BCUT2D eigenvalue weighted by Crippen LogP contribution is -2.41. The first-order valence-corrected chi connectivity index (χ1v) is 9.82. The number of rotatable bonds is 6. The van der Waals surface area contributed by atoms with Crippen molar-refractivity contribution >= 4 is 27.4 Å². The minimum absolute atomic E-state index is 0.386. The predicted molar refractivity (Wildman–Crippen MR) is 104 cm³/mol. The lowest BCUT2D eigenvalue weighted by Gasteiger charge is -2.21. The second-order valence-electron chi connectivity index (χ2n) is 6.71. The minimum Gasteiger partial charge on any atom is -0.388 e. The lowest BCUT2D eigenvalue weighted by molar-refractivity contribution is 0.0574. The summed E-state index contributed by atoms with van der Waals surface area (Å²) in [5.74, 6) is 0.642. The van der Waals surface area contributed by atoms with Crippen molar-refractivity contribution in [1.82, 2.24) is 10.6 Å². The van der Waals surface area contributed by atoms with Gasteiger partial charge in [0.15, 0.2) is 5.96 Å². The Kier molecular flexibility index (Phi) is 5.93. The zero-order valence-electron chi connectivity index (χ0n) is 14.7. The summed E-state index contributed by atoms with van der Waals surface area (Å²) in [4.78, 5) is 5.46. The second-order valence-corrected chi connectivity index (χ2v) is 7.83. The van der Waals surface area contributed by atoms with Gasteiger partial charge in [-0.1, -0.05) is 31.0 Å². The smallest absolute Gasteiger partial charge is 0.191 e. The molecule has 0 radical (unpaired) electrons. The third-order valence-corrected chi connectivity index (χ3v) is 5.86. The maximum atomic E-state index is 10.5. The fourth-order valence-electron chi connectivity index (χ4n) is 3.22. The van der Waals surface area contributed by atoms with Gasteiger partial charge in [-0.15, -0.1) is 11.3 Å². The molecule has 6 heteroatoms. The molecule has 1 atom stereocenters. The van der Waals surface area contributed by atoms with Gasteiger partial charge >= 0.3 is 0 Å². The standard InChI is InChI=1S/C19H27N3O2S/c1-2-20-18(22-13-19(24)9-5-6-10-19)21-12-15(23)17-11-14-7-3-4-8-16(14)25-17/h3-4,7-8,11,15,23-24H,2,5-6,9-10,12-13H2,1H3,(H2,20,21,22). The first kappa shape index (κ1) is 18.2. The molecule has 136 valence electrons. The van der Waals surface area contributed by atoms with E-state index in [9.17, 15) is 10.2 Å². The second kappa shape index (κ2) is 8.17. The fourth-order valence-corrected chi connectivity index (χ4v) is 4.27. The number of hydrogen-bond acceptors (Lipinski definition) is 4. The molecule has 1 unspecified atom stereocenters. The molecule has 4 N–H and O–H groups in total. The van der Waals surface area contributed by atoms with Crippen molar-refractivity contribution in [3.05, 3.63) is 35.2 Å². The minimum atomic E-state index is -0.660. The van der Waals surface area contributed by atoms with Crippen LogP contribution in [0.3, 0.4) is 0 Å². The highest BCUT2D eigenvalue weighted by atomic mass is 32.1. The molecule has 0 bridgehead atoms. The summed E-state index contributed by atoms with van der Waals surface area (Å²) in [5.41, 5.74) is -0.660. The molecule has 0 saturated heterocycles. The number of thiophene rings is 1. The number of aliphatic imine (C=N–C) groups is 1. The molecule has 1 aliphatic carbocycles. The van der Waals surface area contributed by atoms with Gasteiger partial charge in [0, 0.05) is 22.7 Å². The maximum absolute atomic E-state index is 10.5. The van der Waals surface area contributed by atoms with Crippen LogP contribution >= 0.6 is 11.3 Å². The zero-order valence-corrected chi connectivity index (χ0v) is 15.5. The molecule has 1 aromatic carbocycles. The van der Waals surface area contributed by atoms with Crippen LogP contribution in [0.5, 0.6) is 0 Å². The monoisotopic (exact) mass is 361 g/mol. The third kappa shape index (κ3) is 4.71. The Morgan fingerprint density at radius 2 is 2.04 bits per heavy atom. The molecule has 0 amide bonds. The van der Waals surface area contributed by atoms with Crippen molar-refractivity contribution in [2.24, 2.45) is 4.99 Å². The van der Waals surface area contributed by atoms with Gasteiger partial charge in [0.05, 0.1) is 12.1 Å². The SMILES string of the molecule is CCNC(=NCC1(O)CCCC1)NCC(O)c1cc2ccccc2s1. The van der Waals surface area contributed by atoms with E-state index >= 15 is 0 Å². The van der Waals surface area contributed by atoms with E-state index in [1.54, 1.807) is 11.3 Å². The topological polar surface area (TPSA) is 76.9 Å². The van der Waals surface area contributed by atoms with E-state index in [2.05, 4.69) is 27.8 Å². The van der Waals surface area contributed by atoms with Crippen LogP contribution in [0.25, 0.3) is 10.1 Å². The summed E-state index contributed by atoms with van der Waals surface area (Å²) in [6.45, 7) is 3.53. The normalized spacial score (nSPS) is 18.4. The van der Waals surface area contributed by atoms with Gasteiger partial charge in [-0.25, -0.2) is 0 Å². The van der Waals surface area contributed by atoms with Crippen LogP contribution in [-0.2, 0) is 0 Å². The molecule has 25 heavy (non-hydrogen) atoms. The van der Waals surface area contributed by atoms with Crippen LogP contribution < -0.4 is 10.6 Å². The summed E-state index contributed by atoms with van der Waals surface area (Å²) in [6, 6.07) is 10.2. The molecule has 1 aliphatic rings. The molecule has 0 aliphatic heterocycles. The van der Waals surface area contributed by atoms with Crippen LogP contribution in [-0.4, -0.2) is 41.4 Å². The molecule has 1 heterocycles. The van der Waals surface area contributed by atoms with Crippen LogP contribution in [0.2, 0.25) is 0 Å². The lowest BCUT2D eigenvalue weighted by atomic mass is 10.0. The molecule has 1 saturated carbocycles. The predicted octanol–water partition coefficient (Wildman–Crippen LogP) is 2.79. The molecular weight excluding hydrogens is 334 g/mol. The molecule has 0 spiro atoms. The van der Waals surface area contributed by atoms with E-state index in [4.69, 9.17) is 0 Å². The summed E-state index contributed by atoms with van der Waals surface area (Å²) < 4.78 is 1.18. The van der Waals surface area contributed by atoms with Crippen LogP contribution in [0.4, 0.5) is 0 Å². The van der Waals surface area contributed by atoms with Crippen molar-refractivity contribution in [2.45, 2.75) is 44.3 Å². The van der Waals surface area contributed by atoms with Gasteiger partial charge in [-0.05, 0) is 37.3 Å². The number of nitrogens with one attached hydrogen (secondary N) is 2. The van der Waals surface area contributed by atoms with Gasteiger partial charge in [-0.3, -0.25) is 4.99 Å². The van der Waals surface area contributed by atoms with Crippen LogP contribution in [0, 0.1) is 0 Å². The van der Waals surface area contributed by atoms with E-state index in [0.717, 1.165) is 42.5 Å². The Hall–Kier alpha value is -1.63. The highest BCUT2D eigenvalue weighted by Crippen LogP contribution is 2.30. The number of aliphatic hydroxyl groups excluding tert-OH is 1. The van der Waals surface area contributed by atoms with Crippen molar-refractivity contribution < 1.29 is 10.2 Å². The molecular formula is C19H27N3O2S. The first-order chi connectivity index (χ1) is 12.1. The first-order valence-electron chi connectivity index (χ1n) is 9.01. The Morgan fingerprint density at radius 1 is 1.28 bits per heavy atom. The quantitative estimate of drug-likeness (QED) is 0.471. The number of benzene rings is 1. The van der Waals surface area contributed by atoms with Crippen molar-refractivity contribution in [1.29, 1.82) is 0 Å². The van der Waals surface area contributed by atoms with Crippen molar-refractivity contribution in [3.63, 3.8) is 0 Å². The molecule has 1 fully saturated rings. The largest absolute Gasteiger partial charge is 0.388 e. The van der Waals surface area contributed by atoms with Crippen LogP contribution in [0.1, 0.15) is 43.6 Å². The van der Waals surface area contributed by atoms with Gasteiger partial charge < -0.3 is 20.8 Å². The number of aliphatic hydroxyl groups is 2. The summed E-state index contributed by atoms with van der Waals surface area (Å²) in [7, 11) is 0. The molecule has 3 rings (SSSR count). The fraction of sp³-hybridized carbons (Fsp3) is 0.526. The van der Waals surface area contributed by atoms with E-state index in [0.29, 0.717) is 19.0 Å². The average Bonchev–Trinajstić information content (AvgIpc) is 3.23. The van der Waals surface area contributed by atoms with Crippen molar-refractivity contribution in [3.8, 4) is 0 Å². The van der Waals surface area contributed by atoms with E-state index in [1.165, 1.54) is 4.70 Å². The van der Waals surface area contributed by atoms with Gasteiger partial charge in [0.25, 0.3) is 0 Å². The van der Waals surface area contributed by atoms with Gasteiger partial charge in [0.2, 0.25) is 0 Å². The molecule has 5 nitrogen and oxygen atoms in total. The number of guanidine groups is 1. The maximum Gasteiger partial charge on any atom is 0.191 e. The Bertz CT molecular complexity index is 689. The van der Waals surface area contributed by atoms with E-state index < -0.39 is 11.7 Å². The Balaban J connectivity index is 1.60. The summed E-state index contributed by atoms with van der Waals surface area (Å²) in [5, 5.41) is 28.4. The summed E-state index contributed by atoms with van der Waals surface area (Å²) >= 11 is 1.61. The molecule has 1 aromatic heterocycles. The Labute approximate surface area is 152 Å².